The van der Waals surface area contributed by atoms with E-state index in [-0.39, 0.29) is 33.8 Å². The van der Waals surface area contributed by atoms with Gasteiger partial charge < -0.3 is 18.7 Å². The van der Waals surface area contributed by atoms with Crippen LogP contribution in [0.15, 0.2) is 64.0 Å². The van der Waals surface area contributed by atoms with Crippen LogP contribution in [0.2, 0.25) is 0 Å². The minimum absolute atomic E-state index is 0.0464. The van der Waals surface area contributed by atoms with Crippen LogP contribution in [-0.4, -0.2) is 18.0 Å². The van der Waals surface area contributed by atoms with E-state index < -0.39 is 23.4 Å². The Balaban J connectivity index is 1.77. The Bertz CT molecular complexity index is 1210. The third-order valence-corrected chi connectivity index (χ3v) is 5.26. The topological polar surface area (TPSA) is 104 Å². The van der Waals surface area contributed by atoms with Crippen molar-refractivity contribution in [2.75, 3.05) is 0 Å². The van der Waals surface area contributed by atoms with E-state index in [1.807, 2.05) is 19.9 Å². The first-order valence-corrected chi connectivity index (χ1v) is 11.1. The summed E-state index contributed by atoms with van der Waals surface area (Å²) in [6, 6.07) is 12.5. The molecular formula is C26H29NO7. The highest BCUT2D eigenvalue weighted by atomic mass is 16.7. The number of hydroxylamine groups is 1. The van der Waals surface area contributed by atoms with Gasteiger partial charge in [0.05, 0.1) is 10.8 Å². The molecule has 0 bridgehead atoms. The lowest BCUT2D eigenvalue weighted by Gasteiger charge is -2.24. The van der Waals surface area contributed by atoms with Gasteiger partial charge in [-0.25, -0.2) is 9.59 Å². The predicted octanol–water partition coefficient (Wildman–Crippen LogP) is 5.00. The molecule has 8 nitrogen and oxygen atoms in total. The molecule has 0 saturated heterocycles. The van der Waals surface area contributed by atoms with E-state index in [0.29, 0.717) is 12.2 Å². The van der Waals surface area contributed by atoms with Crippen molar-refractivity contribution in [1.29, 1.82) is 0 Å². The minimum atomic E-state index is -0.874. The molecule has 0 aliphatic carbocycles. The maximum absolute atomic E-state index is 12.8. The fourth-order valence-corrected chi connectivity index (χ4v) is 2.92. The van der Waals surface area contributed by atoms with Gasteiger partial charge in [0.15, 0.2) is 0 Å². The van der Waals surface area contributed by atoms with Crippen molar-refractivity contribution in [3.05, 3.63) is 65.0 Å². The number of esters is 1. The Morgan fingerprint density at radius 2 is 1.76 bits per heavy atom. The van der Waals surface area contributed by atoms with Gasteiger partial charge in [0.25, 0.3) is 0 Å². The Morgan fingerprint density at radius 3 is 2.41 bits per heavy atom. The Morgan fingerprint density at radius 1 is 1.06 bits per heavy atom. The van der Waals surface area contributed by atoms with Crippen LogP contribution in [0.1, 0.15) is 41.0 Å². The van der Waals surface area contributed by atoms with E-state index in [9.17, 15) is 14.4 Å². The first-order valence-electron chi connectivity index (χ1n) is 11.1. The maximum atomic E-state index is 12.8. The summed E-state index contributed by atoms with van der Waals surface area (Å²) in [7, 11) is 0. The van der Waals surface area contributed by atoms with E-state index in [0.717, 1.165) is 0 Å². The number of hydrogen-bond acceptors (Lipinski definition) is 8. The van der Waals surface area contributed by atoms with Gasteiger partial charge in [-0.3, -0.25) is 4.79 Å². The number of ether oxygens (including phenoxy) is 2. The summed E-state index contributed by atoms with van der Waals surface area (Å²) in [5.74, 6) is -0.539. The normalized spacial score (nSPS) is 13.2. The minimum Gasteiger partial charge on any atom is -0.460 e. The molecule has 0 saturated carbocycles. The van der Waals surface area contributed by atoms with Crippen LogP contribution < -0.4 is 20.4 Å². The first kappa shape index (κ1) is 25.0. The summed E-state index contributed by atoms with van der Waals surface area (Å²) in [6.45, 7) is 8.90. The zero-order chi connectivity index (χ0) is 24.9. The lowest BCUT2D eigenvalue weighted by Crippen LogP contribution is -2.46. The van der Waals surface area contributed by atoms with Crippen molar-refractivity contribution in [2.24, 2.45) is 11.3 Å². The molecule has 0 aliphatic heterocycles. The fraction of sp³-hybridized carbons (Fsp3) is 0.346. The molecule has 2 aromatic carbocycles. The number of hydrogen-bond donors (Lipinski definition) is 1. The lowest BCUT2D eigenvalue weighted by molar-refractivity contribution is -0.166. The molecule has 3 aromatic rings. The molecule has 8 heteroatoms. The number of para-hydroxylation sites is 1. The molecule has 1 unspecified atom stereocenters. The van der Waals surface area contributed by atoms with Crippen LogP contribution in [0.25, 0.3) is 11.0 Å². The van der Waals surface area contributed by atoms with Crippen LogP contribution >= 0.6 is 0 Å². The molecule has 3 rings (SSSR count). The van der Waals surface area contributed by atoms with Crippen molar-refractivity contribution in [2.45, 2.75) is 47.1 Å². The summed E-state index contributed by atoms with van der Waals surface area (Å²) < 4.78 is 16.7. The third kappa shape index (κ3) is 6.02. The Labute approximate surface area is 197 Å². The smallest absolute Gasteiger partial charge is 0.332 e. The van der Waals surface area contributed by atoms with Crippen molar-refractivity contribution >= 4 is 22.9 Å². The molecule has 0 aliphatic rings. The molecule has 0 amide bonds. The first-order chi connectivity index (χ1) is 16.1. The van der Waals surface area contributed by atoms with Crippen molar-refractivity contribution in [3.8, 4) is 17.2 Å². The van der Waals surface area contributed by atoms with E-state index >= 15 is 0 Å². The number of carbonyl (C=O) groups is 2. The molecule has 1 heterocycles. The molecule has 0 radical (unpaired) electrons. The summed E-state index contributed by atoms with van der Waals surface area (Å²) >= 11 is 0. The molecule has 2 atom stereocenters. The van der Waals surface area contributed by atoms with Crippen molar-refractivity contribution in [1.82, 2.24) is 5.48 Å². The number of benzene rings is 2. The highest BCUT2D eigenvalue weighted by molar-refractivity contribution is 5.83. The molecule has 0 spiro atoms. The van der Waals surface area contributed by atoms with Crippen LogP contribution in [0.4, 0.5) is 0 Å². The van der Waals surface area contributed by atoms with Crippen LogP contribution in [0.3, 0.4) is 0 Å². The second-order valence-corrected chi connectivity index (χ2v) is 9.04. The third-order valence-electron chi connectivity index (χ3n) is 5.26. The molecule has 1 N–H and O–H groups in total. The van der Waals surface area contributed by atoms with Crippen LogP contribution in [-0.2, 0) is 14.4 Å². The molecule has 180 valence electrons. The number of carbonyl (C=O) groups excluding carboxylic acids is 2. The van der Waals surface area contributed by atoms with Gasteiger partial charge in [0.1, 0.15) is 29.4 Å². The van der Waals surface area contributed by atoms with Gasteiger partial charge in [-0.2, -0.15) is 0 Å². The maximum Gasteiger partial charge on any atom is 0.332 e. The van der Waals surface area contributed by atoms with Gasteiger partial charge in [-0.1, -0.05) is 38.5 Å². The van der Waals surface area contributed by atoms with Gasteiger partial charge in [0, 0.05) is 6.07 Å². The highest BCUT2D eigenvalue weighted by Gasteiger charge is 2.30. The van der Waals surface area contributed by atoms with Gasteiger partial charge in [-0.05, 0) is 51.0 Å². The Hall–Kier alpha value is -3.65. The van der Waals surface area contributed by atoms with E-state index in [1.54, 1.807) is 45.0 Å². The zero-order valence-electron chi connectivity index (χ0n) is 19.9. The largest absolute Gasteiger partial charge is 0.460 e. The molecule has 34 heavy (non-hydrogen) atoms. The van der Waals surface area contributed by atoms with Gasteiger partial charge in [0.2, 0.25) is 11.2 Å². The monoisotopic (exact) mass is 467 g/mol. The van der Waals surface area contributed by atoms with Crippen molar-refractivity contribution < 1.29 is 28.3 Å². The van der Waals surface area contributed by atoms with E-state index in [1.165, 1.54) is 24.5 Å². The number of fused-ring (bicyclic) bond motifs is 1. The lowest BCUT2D eigenvalue weighted by atomic mass is 9.97. The SMILES string of the molecule is CCC(C)[C@@H](NOC(=O)C(C)(C)C)C(=O)Oc1ccc2c(=O)c(Oc3ccccc3)coc2c1. The summed E-state index contributed by atoms with van der Waals surface area (Å²) in [6.07, 6.45) is 1.87. The second kappa shape index (κ2) is 10.5. The standard InChI is InChI=1S/C26H29NO7/c1-6-16(2)22(27-34-25(30)26(3,4)5)24(29)33-18-12-13-19-20(14-18)31-15-21(23(19)28)32-17-10-8-7-9-11-17/h7-16,22,27H,6H2,1-5H3/t16?,22-/m1/s1. The molecule has 0 fully saturated rings. The average Bonchev–Trinajstić information content (AvgIpc) is 2.80. The number of rotatable bonds is 8. The molecular weight excluding hydrogens is 438 g/mol. The summed E-state index contributed by atoms with van der Waals surface area (Å²) in [5, 5.41) is 0.281. The molecule has 1 aromatic heterocycles. The van der Waals surface area contributed by atoms with Crippen molar-refractivity contribution in [3.63, 3.8) is 0 Å². The Kier molecular flexibility index (Phi) is 7.73. The quantitative estimate of drug-likeness (QED) is 0.280. The number of nitrogens with one attached hydrogen (secondary N) is 1. The van der Waals surface area contributed by atoms with Gasteiger partial charge in [-0.15, -0.1) is 5.48 Å². The predicted molar refractivity (Wildman–Crippen MR) is 127 cm³/mol. The highest BCUT2D eigenvalue weighted by Crippen LogP contribution is 2.25. The average molecular weight is 468 g/mol. The van der Waals surface area contributed by atoms with E-state index in [2.05, 4.69) is 5.48 Å². The summed E-state index contributed by atoms with van der Waals surface area (Å²) in [5.41, 5.74) is 1.72. The zero-order valence-corrected chi connectivity index (χ0v) is 19.9. The van der Waals surface area contributed by atoms with Gasteiger partial charge >= 0.3 is 11.9 Å². The van der Waals surface area contributed by atoms with E-state index in [4.69, 9.17) is 18.7 Å². The van der Waals surface area contributed by atoms with Crippen LogP contribution in [0.5, 0.6) is 17.2 Å². The second-order valence-electron chi connectivity index (χ2n) is 9.04. The van der Waals surface area contributed by atoms with Crippen LogP contribution in [0, 0.1) is 11.3 Å². The summed E-state index contributed by atoms with van der Waals surface area (Å²) in [4.78, 5) is 42.9. The fourth-order valence-electron chi connectivity index (χ4n) is 2.92.